The second kappa shape index (κ2) is 6.31. The Bertz CT molecular complexity index is 471. The van der Waals surface area contributed by atoms with E-state index >= 15 is 0 Å². The maximum absolute atomic E-state index is 4.39. The summed E-state index contributed by atoms with van der Waals surface area (Å²) in [6.07, 6.45) is 5.36. The van der Waals surface area contributed by atoms with Crippen LogP contribution in [0.15, 0.2) is 17.8 Å². The van der Waals surface area contributed by atoms with Gasteiger partial charge in [-0.25, -0.2) is 9.97 Å². The number of hydrogen-bond donors (Lipinski definition) is 0. The molecule has 0 spiro atoms. The third kappa shape index (κ3) is 3.16. The molecule has 17 heavy (non-hydrogen) atoms. The van der Waals surface area contributed by atoms with Gasteiger partial charge in [0.05, 0.1) is 5.39 Å². The maximum Gasteiger partial charge on any atom is 0.140 e. The lowest BCUT2D eigenvalue weighted by atomic mass is 10.2. The summed E-state index contributed by atoms with van der Waals surface area (Å²) in [6, 6.07) is 2.10. The highest BCUT2D eigenvalue weighted by atomic mass is 79.9. The molecule has 0 aromatic carbocycles. The van der Waals surface area contributed by atoms with Crippen LogP contribution in [-0.4, -0.2) is 28.9 Å². The molecule has 0 aliphatic carbocycles. The van der Waals surface area contributed by atoms with E-state index in [2.05, 4.69) is 49.3 Å². The molecule has 2 aromatic rings. The zero-order valence-corrected chi connectivity index (χ0v) is 12.3. The Balaban J connectivity index is 2.03. The number of rotatable bonds is 6. The number of hydrogen-bond acceptors (Lipinski definition) is 4. The Morgan fingerprint density at radius 2 is 2.18 bits per heavy atom. The smallest absolute Gasteiger partial charge is 0.140 e. The normalized spacial score (nSPS) is 10.9. The van der Waals surface area contributed by atoms with Crippen LogP contribution >= 0.6 is 27.3 Å². The fourth-order valence-corrected chi connectivity index (χ4v) is 2.93. The number of thiophene rings is 1. The fraction of sp³-hybridized carbons (Fsp3) is 0.500. The van der Waals surface area contributed by atoms with Crippen LogP contribution in [0.2, 0.25) is 0 Å². The Labute approximate surface area is 114 Å². The molecule has 2 heterocycles. The number of aromatic nitrogens is 2. The van der Waals surface area contributed by atoms with Gasteiger partial charge in [0, 0.05) is 18.9 Å². The van der Waals surface area contributed by atoms with Crippen LogP contribution in [0.25, 0.3) is 10.2 Å². The van der Waals surface area contributed by atoms with Gasteiger partial charge in [-0.2, -0.15) is 0 Å². The molecule has 5 heteroatoms. The average molecular weight is 314 g/mol. The van der Waals surface area contributed by atoms with Crippen LogP contribution in [0.1, 0.15) is 19.3 Å². The lowest BCUT2D eigenvalue weighted by Crippen LogP contribution is -2.19. The molecule has 0 atom stereocenters. The molecule has 0 saturated carbocycles. The molecule has 3 nitrogen and oxygen atoms in total. The molecular formula is C12H16BrN3S. The van der Waals surface area contributed by atoms with Gasteiger partial charge >= 0.3 is 0 Å². The summed E-state index contributed by atoms with van der Waals surface area (Å²) in [5.74, 6) is 1.05. The number of alkyl halides is 1. The number of fused-ring (bicyclic) bond motifs is 1. The third-order valence-electron chi connectivity index (χ3n) is 2.73. The van der Waals surface area contributed by atoms with Gasteiger partial charge in [0.1, 0.15) is 17.0 Å². The number of nitrogens with zero attached hydrogens (tertiary/aromatic N) is 3. The van der Waals surface area contributed by atoms with Crippen molar-refractivity contribution in [1.29, 1.82) is 0 Å². The summed E-state index contributed by atoms with van der Waals surface area (Å²) in [7, 11) is 2.10. The molecule has 0 aliphatic rings. The molecule has 2 rings (SSSR count). The molecule has 0 radical (unpaired) electrons. The van der Waals surface area contributed by atoms with E-state index in [1.807, 2.05) is 0 Å². The summed E-state index contributed by atoms with van der Waals surface area (Å²) in [5, 5.41) is 4.33. The predicted octanol–water partition coefficient (Wildman–Crippen LogP) is 3.69. The van der Waals surface area contributed by atoms with Crippen molar-refractivity contribution in [1.82, 2.24) is 9.97 Å². The summed E-state index contributed by atoms with van der Waals surface area (Å²) in [4.78, 5) is 12.0. The molecular weight excluding hydrogens is 298 g/mol. The van der Waals surface area contributed by atoms with Gasteiger partial charge in [0.25, 0.3) is 0 Å². The predicted molar refractivity (Wildman–Crippen MR) is 78.3 cm³/mol. The second-order valence-electron chi connectivity index (χ2n) is 4.01. The SMILES string of the molecule is CN(CCCCCBr)c1ncnc2sccc12. The minimum Gasteiger partial charge on any atom is -0.359 e. The largest absolute Gasteiger partial charge is 0.359 e. The lowest BCUT2D eigenvalue weighted by Gasteiger charge is -2.18. The quantitative estimate of drug-likeness (QED) is 0.601. The standard InChI is InChI=1S/C12H16BrN3S/c1-16(7-4-2-3-6-13)11-10-5-8-17-12(10)15-9-14-11/h5,8-9H,2-4,6-7H2,1H3. The average Bonchev–Trinajstić information content (AvgIpc) is 2.82. The van der Waals surface area contributed by atoms with Crippen LogP contribution < -0.4 is 4.90 Å². The maximum atomic E-state index is 4.39. The van der Waals surface area contributed by atoms with Gasteiger partial charge in [-0.15, -0.1) is 11.3 Å². The van der Waals surface area contributed by atoms with E-state index in [-0.39, 0.29) is 0 Å². The van der Waals surface area contributed by atoms with Crippen molar-refractivity contribution >= 4 is 43.3 Å². The van der Waals surface area contributed by atoms with Gasteiger partial charge in [0.15, 0.2) is 0 Å². The highest BCUT2D eigenvalue weighted by Crippen LogP contribution is 2.26. The Morgan fingerprint density at radius 3 is 3.00 bits per heavy atom. The van der Waals surface area contributed by atoms with Crippen molar-refractivity contribution < 1.29 is 0 Å². The van der Waals surface area contributed by atoms with Crippen molar-refractivity contribution in [2.24, 2.45) is 0 Å². The molecule has 92 valence electrons. The van der Waals surface area contributed by atoms with Gasteiger partial charge in [-0.1, -0.05) is 22.4 Å². The Morgan fingerprint density at radius 1 is 1.29 bits per heavy atom. The summed E-state index contributed by atoms with van der Waals surface area (Å²) >= 11 is 5.12. The number of anilines is 1. The van der Waals surface area contributed by atoms with E-state index in [4.69, 9.17) is 0 Å². The van der Waals surface area contributed by atoms with Gasteiger partial charge in [-0.3, -0.25) is 0 Å². The molecule has 0 unspecified atom stereocenters. The van der Waals surface area contributed by atoms with E-state index in [1.165, 1.54) is 24.6 Å². The van der Waals surface area contributed by atoms with Crippen molar-refractivity contribution in [3.63, 3.8) is 0 Å². The van der Waals surface area contributed by atoms with Crippen LogP contribution in [0, 0.1) is 0 Å². The highest BCUT2D eigenvalue weighted by molar-refractivity contribution is 9.09. The van der Waals surface area contributed by atoms with Crippen LogP contribution in [0.5, 0.6) is 0 Å². The van der Waals surface area contributed by atoms with E-state index in [1.54, 1.807) is 17.7 Å². The molecule has 0 aliphatic heterocycles. The summed E-state index contributed by atoms with van der Waals surface area (Å²) in [5.41, 5.74) is 0. The molecule has 0 fully saturated rings. The first kappa shape index (κ1) is 12.8. The van der Waals surface area contributed by atoms with Gasteiger partial charge in [0.2, 0.25) is 0 Å². The van der Waals surface area contributed by atoms with Gasteiger partial charge in [-0.05, 0) is 24.3 Å². The van der Waals surface area contributed by atoms with Crippen LogP contribution in [0.4, 0.5) is 5.82 Å². The van der Waals surface area contributed by atoms with Crippen molar-refractivity contribution in [2.75, 3.05) is 23.8 Å². The van der Waals surface area contributed by atoms with Crippen molar-refractivity contribution in [3.05, 3.63) is 17.8 Å². The monoisotopic (exact) mass is 313 g/mol. The van der Waals surface area contributed by atoms with Crippen molar-refractivity contribution in [2.45, 2.75) is 19.3 Å². The molecule has 0 N–H and O–H groups in total. The van der Waals surface area contributed by atoms with E-state index in [0.717, 1.165) is 22.5 Å². The topological polar surface area (TPSA) is 29.0 Å². The molecule has 0 saturated heterocycles. The Hall–Kier alpha value is -0.680. The first-order chi connectivity index (χ1) is 8.33. The first-order valence-corrected chi connectivity index (χ1v) is 7.78. The second-order valence-corrected chi connectivity index (χ2v) is 5.70. The molecule has 0 amide bonds. The molecule has 2 aromatic heterocycles. The van der Waals surface area contributed by atoms with Gasteiger partial charge < -0.3 is 4.90 Å². The number of unbranched alkanes of at least 4 members (excludes halogenated alkanes) is 2. The lowest BCUT2D eigenvalue weighted by molar-refractivity contribution is 0.708. The van der Waals surface area contributed by atoms with E-state index in [0.29, 0.717) is 0 Å². The minimum absolute atomic E-state index is 1.05. The van der Waals surface area contributed by atoms with Crippen molar-refractivity contribution in [3.8, 4) is 0 Å². The van der Waals surface area contributed by atoms with Crippen LogP contribution in [-0.2, 0) is 0 Å². The summed E-state index contributed by atoms with van der Waals surface area (Å²) in [6.45, 7) is 1.05. The first-order valence-electron chi connectivity index (χ1n) is 5.78. The van der Waals surface area contributed by atoms with E-state index in [9.17, 15) is 0 Å². The minimum atomic E-state index is 1.05. The zero-order valence-electron chi connectivity index (χ0n) is 9.90. The van der Waals surface area contributed by atoms with Crippen LogP contribution in [0.3, 0.4) is 0 Å². The Kier molecular flexibility index (Phi) is 4.74. The molecule has 0 bridgehead atoms. The van der Waals surface area contributed by atoms with E-state index < -0.39 is 0 Å². The third-order valence-corrected chi connectivity index (χ3v) is 4.11. The summed E-state index contributed by atoms with van der Waals surface area (Å²) < 4.78 is 0. The fourth-order valence-electron chi connectivity index (χ4n) is 1.81. The number of halogens is 1. The highest BCUT2D eigenvalue weighted by Gasteiger charge is 2.08. The zero-order chi connectivity index (χ0) is 12.1.